The molecule has 0 saturated carbocycles. The number of nitrogens with zero attached hydrogens (tertiary/aromatic N) is 2. The number of carbonyl (C=O) groups excluding carboxylic acids is 1. The monoisotopic (exact) mass is 484 g/mol. The summed E-state index contributed by atoms with van der Waals surface area (Å²) in [6.07, 6.45) is 6.47. The average molecular weight is 485 g/mol. The maximum absolute atomic E-state index is 12.9. The van der Waals surface area contributed by atoms with Crippen LogP contribution in [0.3, 0.4) is 0 Å². The van der Waals surface area contributed by atoms with Crippen molar-refractivity contribution in [1.82, 2.24) is 9.88 Å². The van der Waals surface area contributed by atoms with Crippen molar-refractivity contribution in [1.29, 1.82) is 0 Å². The maximum Gasteiger partial charge on any atom is 0.316 e. The molecule has 5 rings (SSSR count). The van der Waals surface area contributed by atoms with E-state index in [2.05, 4.69) is 22.0 Å². The Kier molecular flexibility index (Phi) is 7.05. The van der Waals surface area contributed by atoms with Crippen LogP contribution in [0.5, 0.6) is 11.5 Å². The molecule has 6 heteroatoms. The van der Waals surface area contributed by atoms with Gasteiger partial charge in [-0.25, -0.2) is 0 Å². The molecule has 2 aliphatic heterocycles. The summed E-state index contributed by atoms with van der Waals surface area (Å²) in [7, 11) is 3.17. The molecule has 3 aromatic rings. The topological polar surface area (TPSA) is 60.9 Å². The zero-order chi connectivity index (χ0) is 25.0. The number of hydrogen-bond donors (Lipinski definition) is 0. The van der Waals surface area contributed by atoms with Gasteiger partial charge in [-0.1, -0.05) is 42.5 Å². The summed E-state index contributed by atoms with van der Waals surface area (Å²) in [6.45, 7) is 3.04. The molecule has 1 aromatic heterocycles. The fraction of sp³-hybridized carbons (Fsp3) is 0.333. The van der Waals surface area contributed by atoms with Crippen LogP contribution in [0.25, 0.3) is 5.57 Å². The Morgan fingerprint density at radius 3 is 2.61 bits per heavy atom. The van der Waals surface area contributed by atoms with E-state index >= 15 is 0 Å². The van der Waals surface area contributed by atoms with E-state index in [1.807, 2.05) is 60.8 Å². The Balaban J connectivity index is 1.34. The van der Waals surface area contributed by atoms with Crippen LogP contribution in [-0.4, -0.2) is 49.7 Å². The number of piperidine rings is 1. The lowest BCUT2D eigenvalue weighted by Crippen LogP contribution is -2.48. The molecule has 0 radical (unpaired) electrons. The highest BCUT2D eigenvalue weighted by Gasteiger charge is 2.43. The average Bonchev–Trinajstić information content (AvgIpc) is 3.10. The number of esters is 1. The summed E-state index contributed by atoms with van der Waals surface area (Å²) in [5.41, 5.74) is 4.65. The van der Waals surface area contributed by atoms with Gasteiger partial charge in [-0.15, -0.1) is 0 Å². The number of likely N-dealkylation sites (tertiary alicyclic amines) is 1. The van der Waals surface area contributed by atoms with E-state index in [1.54, 1.807) is 7.11 Å². The van der Waals surface area contributed by atoms with Gasteiger partial charge < -0.3 is 19.1 Å². The van der Waals surface area contributed by atoms with E-state index in [0.29, 0.717) is 6.61 Å². The molecule has 6 nitrogen and oxygen atoms in total. The van der Waals surface area contributed by atoms with Crippen molar-refractivity contribution in [3.8, 4) is 11.5 Å². The van der Waals surface area contributed by atoms with Crippen molar-refractivity contribution in [3.63, 3.8) is 0 Å². The Bertz CT molecular complexity index is 1250. The lowest BCUT2D eigenvalue weighted by atomic mass is 9.72. The summed E-state index contributed by atoms with van der Waals surface area (Å²) in [4.78, 5) is 19.9. The van der Waals surface area contributed by atoms with Crippen LogP contribution in [0.2, 0.25) is 0 Å². The Morgan fingerprint density at radius 1 is 1.06 bits per heavy atom. The molecule has 0 unspecified atom stereocenters. The molecule has 0 amide bonds. The minimum Gasteiger partial charge on any atom is -0.497 e. The molecule has 0 atom stereocenters. The van der Waals surface area contributed by atoms with Gasteiger partial charge in [0, 0.05) is 23.9 Å². The van der Waals surface area contributed by atoms with Crippen LogP contribution in [0.1, 0.15) is 41.6 Å². The number of hydrogen-bond acceptors (Lipinski definition) is 6. The molecule has 1 saturated heterocycles. The zero-order valence-corrected chi connectivity index (χ0v) is 20.9. The van der Waals surface area contributed by atoms with E-state index in [1.165, 1.54) is 7.11 Å². The summed E-state index contributed by atoms with van der Waals surface area (Å²) in [5.74, 6) is 1.50. The van der Waals surface area contributed by atoms with Gasteiger partial charge in [-0.3, -0.25) is 9.78 Å². The predicted octanol–water partition coefficient (Wildman–Crippen LogP) is 5.01. The molecule has 186 valence electrons. The van der Waals surface area contributed by atoms with Gasteiger partial charge in [0.15, 0.2) is 0 Å². The first-order valence-electron chi connectivity index (χ1n) is 12.5. The summed E-state index contributed by atoms with van der Waals surface area (Å²) in [5, 5.41) is 0. The number of benzene rings is 2. The van der Waals surface area contributed by atoms with Crippen LogP contribution in [0.15, 0.2) is 72.9 Å². The molecule has 0 N–H and O–H groups in total. The number of methoxy groups -OCH3 is 2. The van der Waals surface area contributed by atoms with Gasteiger partial charge >= 0.3 is 5.97 Å². The van der Waals surface area contributed by atoms with Gasteiger partial charge in [0.05, 0.1) is 25.3 Å². The highest BCUT2D eigenvalue weighted by Crippen LogP contribution is 2.39. The Morgan fingerprint density at radius 2 is 1.86 bits per heavy atom. The SMILES string of the molecule is COC(=O)C1(c2ccccc2)CCN(CCC=C2c3cc(OC)ccc3OCc3ncccc32)CC1. The van der Waals surface area contributed by atoms with Crippen LogP contribution < -0.4 is 9.47 Å². The van der Waals surface area contributed by atoms with Gasteiger partial charge in [-0.2, -0.15) is 0 Å². The van der Waals surface area contributed by atoms with Crippen LogP contribution in [0.4, 0.5) is 0 Å². The van der Waals surface area contributed by atoms with Crippen molar-refractivity contribution >= 4 is 11.5 Å². The maximum atomic E-state index is 12.9. The lowest BCUT2D eigenvalue weighted by Gasteiger charge is -2.40. The van der Waals surface area contributed by atoms with Crippen LogP contribution in [-0.2, 0) is 21.6 Å². The molecular formula is C30H32N2O4. The highest BCUT2D eigenvalue weighted by molar-refractivity contribution is 5.85. The first-order chi connectivity index (χ1) is 17.6. The number of ether oxygens (including phenoxy) is 3. The fourth-order valence-corrected chi connectivity index (χ4v) is 5.39. The molecule has 0 aliphatic carbocycles. The first-order valence-corrected chi connectivity index (χ1v) is 12.5. The molecular weight excluding hydrogens is 452 g/mol. The molecule has 2 aliphatic rings. The van der Waals surface area contributed by atoms with E-state index < -0.39 is 5.41 Å². The Hall–Kier alpha value is -3.64. The number of rotatable bonds is 6. The third kappa shape index (κ3) is 4.61. The molecule has 0 bridgehead atoms. The smallest absolute Gasteiger partial charge is 0.316 e. The highest BCUT2D eigenvalue weighted by atomic mass is 16.5. The molecule has 0 spiro atoms. The second-order valence-corrected chi connectivity index (χ2v) is 9.34. The second-order valence-electron chi connectivity index (χ2n) is 9.34. The zero-order valence-electron chi connectivity index (χ0n) is 20.9. The largest absolute Gasteiger partial charge is 0.497 e. The molecule has 2 aromatic carbocycles. The summed E-state index contributed by atoms with van der Waals surface area (Å²) < 4.78 is 16.8. The predicted molar refractivity (Wildman–Crippen MR) is 139 cm³/mol. The number of aromatic nitrogens is 1. The van der Waals surface area contributed by atoms with E-state index in [4.69, 9.17) is 14.2 Å². The number of fused-ring (bicyclic) bond motifs is 2. The fourth-order valence-electron chi connectivity index (χ4n) is 5.39. The third-order valence-electron chi connectivity index (χ3n) is 7.43. The van der Waals surface area contributed by atoms with Gasteiger partial charge in [0.2, 0.25) is 0 Å². The second kappa shape index (κ2) is 10.5. The lowest BCUT2D eigenvalue weighted by molar-refractivity contribution is -0.149. The van der Waals surface area contributed by atoms with Crippen molar-refractivity contribution in [3.05, 3.63) is 95.3 Å². The normalized spacial score (nSPS) is 17.9. The quantitative estimate of drug-likeness (QED) is 0.459. The standard InChI is InChI=1S/C30H32N2O4/c1-34-23-12-13-28-26(20-23)24(25-10-6-16-31-27(25)21-36-28)11-7-17-32-18-14-30(15-19-32,29(33)35-2)22-8-4-3-5-9-22/h3-6,8-13,16,20H,7,14-15,17-19,21H2,1-2H3. The third-order valence-corrected chi connectivity index (χ3v) is 7.43. The number of carbonyl (C=O) groups is 1. The minimum atomic E-state index is -0.566. The van der Waals surface area contributed by atoms with Crippen molar-refractivity contribution in [2.45, 2.75) is 31.3 Å². The van der Waals surface area contributed by atoms with E-state index in [9.17, 15) is 4.79 Å². The number of pyridine rings is 1. The Labute approximate surface area is 212 Å². The van der Waals surface area contributed by atoms with Gasteiger partial charge in [0.25, 0.3) is 0 Å². The minimum absolute atomic E-state index is 0.136. The van der Waals surface area contributed by atoms with E-state index in [-0.39, 0.29) is 5.97 Å². The van der Waals surface area contributed by atoms with Gasteiger partial charge in [-0.05, 0) is 67.8 Å². The van der Waals surface area contributed by atoms with Crippen LogP contribution in [0, 0.1) is 0 Å². The first kappa shape index (κ1) is 24.1. The van der Waals surface area contributed by atoms with E-state index in [0.717, 1.165) is 78.4 Å². The van der Waals surface area contributed by atoms with Gasteiger partial charge in [0.1, 0.15) is 18.1 Å². The van der Waals surface area contributed by atoms with Crippen LogP contribution >= 0.6 is 0 Å². The van der Waals surface area contributed by atoms with Crippen molar-refractivity contribution < 1.29 is 19.0 Å². The summed E-state index contributed by atoms with van der Waals surface area (Å²) in [6, 6.07) is 20.1. The molecule has 3 heterocycles. The summed E-state index contributed by atoms with van der Waals surface area (Å²) >= 11 is 0. The van der Waals surface area contributed by atoms with Crippen molar-refractivity contribution in [2.75, 3.05) is 33.9 Å². The molecule has 36 heavy (non-hydrogen) atoms. The molecule has 1 fully saturated rings. The van der Waals surface area contributed by atoms with Crippen molar-refractivity contribution in [2.24, 2.45) is 0 Å².